The molecule has 6 aromatic carbocycles. The summed E-state index contributed by atoms with van der Waals surface area (Å²) < 4.78 is 17.6. The monoisotopic (exact) mass is 626 g/mol. The van der Waals surface area contributed by atoms with Crippen molar-refractivity contribution in [2.24, 2.45) is 0 Å². The van der Waals surface area contributed by atoms with Crippen molar-refractivity contribution < 1.29 is 9.31 Å². The Labute approximate surface area is 276 Å². The largest absolute Gasteiger partial charge is 0.494 e. The number of hydrogen-bond donors (Lipinski definition) is 0. The van der Waals surface area contributed by atoms with Crippen LogP contribution in [0.3, 0.4) is 0 Å². The van der Waals surface area contributed by atoms with Crippen LogP contribution in [0.1, 0.15) is 27.7 Å². The van der Waals surface area contributed by atoms with Gasteiger partial charge in [0.15, 0.2) is 5.65 Å². The third-order valence-corrected chi connectivity index (χ3v) is 11.8. The molecule has 0 atom stereocenters. The minimum absolute atomic E-state index is 0.389. The van der Waals surface area contributed by atoms with Crippen LogP contribution in [0.15, 0.2) is 115 Å². The number of aromatic nitrogens is 2. The standard InChI is InChI=1S/C41H31BN2O2S/c1-40(2)41(3,4)46-42(45-40)27-17-13-26(14-18-27)34-23-32-36-29-12-8-6-10-25(29)16-22-35(36)47-38(32)39-43-37-31-19-15-24-9-5-7-11-28(24)30(31)20-21-33(37)44(34)39/h5-23H,1-4H3. The molecule has 1 fully saturated rings. The van der Waals surface area contributed by atoms with Gasteiger partial charge in [0.05, 0.1) is 32.6 Å². The lowest BCUT2D eigenvalue weighted by molar-refractivity contribution is 0.00578. The summed E-state index contributed by atoms with van der Waals surface area (Å²) in [4.78, 5) is 5.49. The second kappa shape index (κ2) is 9.42. The average Bonchev–Trinajstić information content (AvgIpc) is 3.73. The van der Waals surface area contributed by atoms with Gasteiger partial charge in [-0.3, -0.25) is 4.40 Å². The minimum Gasteiger partial charge on any atom is -0.399 e. The van der Waals surface area contributed by atoms with E-state index in [0.717, 1.165) is 33.4 Å². The quantitative estimate of drug-likeness (QED) is 0.142. The van der Waals surface area contributed by atoms with E-state index in [2.05, 4.69) is 147 Å². The van der Waals surface area contributed by atoms with Gasteiger partial charge in [0.1, 0.15) is 0 Å². The summed E-state index contributed by atoms with van der Waals surface area (Å²) in [6.45, 7) is 8.38. The van der Waals surface area contributed by atoms with Gasteiger partial charge in [0, 0.05) is 20.9 Å². The molecular weight excluding hydrogens is 595 g/mol. The highest BCUT2D eigenvalue weighted by Gasteiger charge is 2.51. The van der Waals surface area contributed by atoms with Crippen LogP contribution >= 0.6 is 11.3 Å². The molecule has 1 saturated heterocycles. The normalized spacial score (nSPS) is 16.2. The van der Waals surface area contributed by atoms with E-state index in [9.17, 15) is 0 Å². The van der Waals surface area contributed by atoms with Crippen LogP contribution in [-0.4, -0.2) is 27.7 Å². The smallest absolute Gasteiger partial charge is 0.399 e. The van der Waals surface area contributed by atoms with Crippen molar-refractivity contribution in [3.05, 3.63) is 115 Å². The zero-order valence-corrected chi connectivity index (χ0v) is 27.5. The highest BCUT2D eigenvalue weighted by atomic mass is 32.1. The van der Waals surface area contributed by atoms with Gasteiger partial charge in [-0.15, -0.1) is 11.3 Å². The molecule has 1 aliphatic heterocycles. The van der Waals surface area contributed by atoms with Crippen molar-refractivity contribution in [3.8, 4) is 11.3 Å². The Bertz CT molecular complexity index is 2740. The molecule has 0 spiro atoms. The molecule has 0 unspecified atom stereocenters. The van der Waals surface area contributed by atoms with E-state index in [1.807, 2.05) is 11.3 Å². The number of rotatable bonds is 2. The molecule has 0 N–H and O–H groups in total. The number of benzene rings is 6. The summed E-state index contributed by atoms with van der Waals surface area (Å²) in [6, 6.07) is 41.9. The van der Waals surface area contributed by atoms with Crippen LogP contribution in [0.4, 0.5) is 0 Å². The van der Waals surface area contributed by atoms with E-state index in [1.165, 1.54) is 52.5 Å². The zero-order chi connectivity index (χ0) is 31.7. The zero-order valence-electron chi connectivity index (χ0n) is 26.7. The van der Waals surface area contributed by atoms with E-state index in [-0.39, 0.29) is 11.2 Å². The topological polar surface area (TPSA) is 35.8 Å². The average molecular weight is 627 g/mol. The molecule has 0 radical (unpaired) electrons. The summed E-state index contributed by atoms with van der Waals surface area (Å²) in [5.74, 6) is 0. The van der Waals surface area contributed by atoms with Gasteiger partial charge in [-0.25, -0.2) is 4.98 Å². The molecule has 0 aliphatic carbocycles. The maximum atomic E-state index is 6.38. The predicted octanol–water partition coefficient (Wildman–Crippen LogP) is 10.3. The predicted molar refractivity (Wildman–Crippen MR) is 199 cm³/mol. The van der Waals surface area contributed by atoms with Crippen molar-refractivity contribution in [2.45, 2.75) is 38.9 Å². The Balaban J connectivity index is 1.27. The maximum Gasteiger partial charge on any atom is 0.494 e. The molecule has 0 bridgehead atoms. The summed E-state index contributed by atoms with van der Waals surface area (Å²) in [5, 5.41) is 9.95. The number of pyridine rings is 1. The summed E-state index contributed by atoms with van der Waals surface area (Å²) in [5.41, 5.74) is 5.60. The second-order valence-corrected chi connectivity index (χ2v) is 14.9. The van der Waals surface area contributed by atoms with Crippen molar-refractivity contribution in [1.82, 2.24) is 9.38 Å². The third-order valence-electron chi connectivity index (χ3n) is 10.6. The van der Waals surface area contributed by atoms with E-state index in [0.29, 0.717) is 0 Å². The first kappa shape index (κ1) is 27.4. The van der Waals surface area contributed by atoms with Gasteiger partial charge in [-0.1, -0.05) is 97.1 Å². The van der Waals surface area contributed by atoms with Crippen LogP contribution in [0.25, 0.3) is 80.4 Å². The van der Waals surface area contributed by atoms with E-state index >= 15 is 0 Å². The van der Waals surface area contributed by atoms with Crippen LogP contribution in [0.5, 0.6) is 0 Å². The van der Waals surface area contributed by atoms with Gasteiger partial charge < -0.3 is 9.31 Å². The van der Waals surface area contributed by atoms with Crippen molar-refractivity contribution in [1.29, 1.82) is 0 Å². The van der Waals surface area contributed by atoms with E-state index in [1.54, 1.807) is 0 Å². The first-order valence-corrected chi connectivity index (χ1v) is 17.0. The Kier molecular flexibility index (Phi) is 5.49. The highest BCUT2D eigenvalue weighted by Crippen LogP contribution is 2.44. The van der Waals surface area contributed by atoms with Gasteiger partial charge in [-0.05, 0) is 83.9 Å². The Hall–Kier alpha value is -4.75. The lowest BCUT2D eigenvalue weighted by Gasteiger charge is -2.32. The summed E-state index contributed by atoms with van der Waals surface area (Å²) in [7, 11) is -0.404. The Morgan fingerprint density at radius 1 is 0.638 bits per heavy atom. The van der Waals surface area contributed by atoms with Crippen molar-refractivity contribution in [2.75, 3.05) is 0 Å². The fourth-order valence-electron chi connectivity index (χ4n) is 7.43. The van der Waals surface area contributed by atoms with E-state index in [4.69, 9.17) is 14.3 Å². The fraction of sp³-hybridized carbons (Fsp3) is 0.146. The molecule has 4 nitrogen and oxygen atoms in total. The van der Waals surface area contributed by atoms with Crippen LogP contribution in [0.2, 0.25) is 0 Å². The molecule has 226 valence electrons. The lowest BCUT2D eigenvalue weighted by atomic mass is 9.78. The first-order chi connectivity index (χ1) is 22.8. The Morgan fingerprint density at radius 2 is 1.30 bits per heavy atom. The third kappa shape index (κ3) is 3.81. The summed E-state index contributed by atoms with van der Waals surface area (Å²) in [6.07, 6.45) is 0. The molecule has 4 heterocycles. The maximum absolute atomic E-state index is 6.38. The van der Waals surface area contributed by atoms with Crippen molar-refractivity contribution >= 4 is 93.1 Å². The molecular formula is C41H31BN2O2S. The molecule has 10 rings (SSSR count). The summed E-state index contributed by atoms with van der Waals surface area (Å²) >= 11 is 1.84. The molecule has 1 aliphatic rings. The van der Waals surface area contributed by atoms with Gasteiger partial charge >= 0.3 is 7.12 Å². The first-order valence-electron chi connectivity index (χ1n) is 16.2. The van der Waals surface area contributed by atoms with Crippen molar-refractivity contribution in [3.63, 3.8) is 0 Å². The van der Waals surface area contributed by atoms with Crippen LogP contribution in [-0.2, 0) is 9.31 Å². The number of nitrogens with zero attached hydrogens (tertiary/aromatic N) is 2. The molecule has 6 heteroatoms. The molecule has 3 aromatic heterocycles. The number of thiophene rings is 1. The SMILES string of the molecule is CC1(C)OB(c2ccc(-c3cc4c(sc5ccc6ccccc6c54)c4nc5c6ccc7ccccc7c6ccc5n34)cc2)OC1(C)C. The number of fused-ring (bicyclic) bond motifs is 13. The fourth-order valence-corrected chi connectivity index (χ4v) is 8.60. The van der Waals surface area contributed by atoms with Crippen LogP contribution < -0.4 is 5.46 Å². The van der Waals surface area contributed by atoms with E-state index < -0.39 is 7.12 Å². The Morgan fingerprint density at radius 3 is 2.06 bits per heavy atom. The minimum atomic E-state index is -0.404. The molecule has 0 saturated carbocycles. The lowest BCUT2D eigenvalue weighted by Crippen LogP contribution is -2.41. The molecule has 0 amide bonds. The van der Waals surface area contributed by atoms with Gasteiger partial charge in [0.25, 0.3) is 0 Å². The number of imidazole rings is 1. The highest BCUT2D eigenvalue weighted by molar-refractivity contribution is 7.26. The molecule has 47 heavy (non-hydrogen) atoms. The van der Waals surface area contributed by atoms with Gasteiger partial charge in [0.2, 0.25) is 0 Å². The van der Waals surface area contributed by atoms with Gasteiger partial charge in [-0.2, -0.15) is 0 Å². The second-order valence-electron chi connectivity index (χ2n) is 13.8. The number of hydrogen-bond acceptors (Lipinski definition) is 4. The molecule has 9 aromatic rings. The van der Waals surface area contributed by atoms with Crippen LogP contribution in [0, 0.1) is 0 Å².